The van der Waals surface area contributed by atoms with Crippen LogP contribution in [0.2, 0.25) is 0 Å². The number of carbonyl (C=O) groups is 1. The lowest BCUT2D eigenvalue weighted by Crippen LogP contribution is -2.44. The summed E-state index contributed by atoms with van der Waals surface area (Å²) in [6, 6.07) is 9.77. The maximum atomic E-state index is 14.8. The summed E-state index contributed by atoms with van der Waals surface area (Å²) in [4.78, 5) is 24.5. The molecule has 0 unspecified atom stereocenters. The minimum Gasteiger partial charge on any atom is -0.494 e. The molecule has 5 rings (SSSR count). The van der Waals surface area contributed by atoms with Gasteiger partial charge in [0.1, 0.15) is 22.9 Å². The third-order valence-electron chi connectivity index (χ3n) is 8.12. The molecule has 45 heavy (non-hydrogen) atoms. The van der Waals surface area contributed by atoms with Gasteiger partial charge in [-0.2, -0.15) is 13.2 Å². The second-order valence-corrected chi connectivity index (χ2v) is 11.2. The van der Waals surface area contributed by atoms with E-state index in [1.807, 2.05) is 12.1 Å². The monoisotopic (exact) mass is 630 g/mol. The number of halogens is 3. The standard InChI is InChI=1S/C32H41F3N6O4/c1-4-44-31(42)28-29(32(33,34)35)24-21-23(45-19-5-12-40-17-15-39(2)16-18-40)7-9-25(24)37-30(28)38-26-8-6-22(20-27(26)43-3)41-13-10-36-11-14-41/h6-9,20-21,36H,4-5,10-19H2,1-3H3,(H,37,38). The van der Waals surface area contributed by atoms with Crippen LogP contribution >= 0.6 is 0 Å². The van der Waals surface area contributed by atoms with Crippen LogP contribution in [-0.4, -0.2) is 107 Å². The molecule has 2 aliphatic heterocycles. The van der Waals surface area contributed by atoms with E-state index in [0.717, 1.165) is 71.0 Å². The molecule has 0 amide bonds. The van der Waals surface area contributed by atoms with Crippen molar-refractivity contribution in [3.63, 3.8) is 0 Å². The number of esters is 1. The van der Waals surface area contributed by atoms with Gasteiger partial charge in [0.2, 0.25) is 0 Å². The maximum Gasteiger partial charge on any atom is 0.418 e. The van der Waals surface area contributed by atoms with E-state index in [2.05, 4.69) is 37.4 Å². The Bertz CT molecular complexity index is 1470. The molecule has 0 saturated carbocycles. The van der Waals surface area contributed by atoms with Crippen LogP contribution < -0.4 is 25.0 Å². The van der Waals surface area contributed by atoms with Gasteiger partial charge in [0.05, 0.1) is 37.1 Å². The smallest absolute Gasteiger partial charge is 0.418 e. The van der Waals surface area contributed by atoms with E-state index in [-0.39, 0.29) is 29.1 Å². The number of likely N-dealkylation sites (N-methyl/N-ethyl adjacent to an activating group) is 1. The fourth-order valence-electron chi connectivity index (χ4n) is 5.70. The summed E-state index contributed by atoms with van der Waals surface area (Å²) in [5, 5.41) is 6.01. The summed E-state index contributed by atoms with van der Waals surface area (Å²) in [6.45, 7) is 9.91. The number of rotatable bonds is 11. The van der Waals surface area contributed by atoms with Gasteiger partial charge in [-0.05, 0) is 50.7 Å². The topological polar surface area (TPSA) is 91.4 Å². The number of fused-ring (bicyclic) bond motifs is 1. The number of nitrogens with one attached hydrogen (secondary N) is 2. The molecule has 2 saturated heterocycles. The zero-order valence-electron chi connectivity index (χ0n) is 26.0. The van der Waals surface area contributed by atoms with E-state index < -0.39 is 23.3 Å². The Labute approximate surface area is 261 Å². The normalized spacial score (nSPS) is 16.5. The number of anilines is 3. The van der Waals surface area contributed by atoms with Crippen LogP contribution in [0.4, 0.5) is 30.4 Å². The van der Waals surface area contributed by atoms with Gasteiger partial charge in [0, 0.05) is 76.0 Å². The molecule has 2 aromatic carbocycles. The van der Waals surface area contributed by atoms with Crippen molar-refractivity contribution in [2.45, 2.75) is 19.5 Å². The Kier molecular flexibility index (Phi) is 10.5. The van der Waals surface area contributed by atoms with Crippen LogP contribution in [0, 0.1) is 0 Å². The minimum atomic E-state index is -4.89. The average Bonchev–Trinajstić information content (AvgIpc) is 3.03. The predicted molar refractivity (Wildman–Crippen MR) is 168 cm³/mol. The summed E-state index contributed by atoms with van der Waals surface area (Å²) < 4.78 is 61.1. The van der Waals surface area contributed by atoms with Gasteiger partial charge in [-0.3, -0.25) is 0 Å². The van der Waals surface area contributed by atoms with Crippen molar-refractivity contribution in [1.29, 1.82) is 0 Å². The number of alkyl halides is 3. The molecule has 0 radical (unpaired) electrons. The predicted octanol–water partition coefficient (Wildman–Crippen LogP) is 4.61. The molecular formula is C32H41F3N6O4. The largest absolute Gasteiger partial charge is 0.494 e. The summed E-state index contributed by atoms with van der Waals surface area (Å²) in [5.74, 6) is -0.732. The summed E-state index contributed by atoms with van der Waals surface area (Å²) >= 11 is 0. The van der Waals surface area contributed by atoms with Crippen LogP contribution in [0.5, 0.6) is 11.5 Å². The first kappa shape index (κ1) is 32.6. The highest BCUT2D eigenvalue weighted by atomic mass is 19.4. The highest BCUT2D eigenvalue weighted by Crippen LogP contribution is 2.42. The lowest BCUT2D eigenvalue weighted by molar-refractivity contribution is -0.136. The summed E-state index contributed by atoms with van der Waals surface area (Å²) in [6.07, 6.45) is -4.16. The zero-order valence-corrected chi connectivity index (χ0v) is 26.0. The van der Waals surface area contributed by atoms with Gasteiger partial charge < -0.3 is 39.5 Å². The highest BCUT2D eigenvalue weighted by molar-refractivity contribution is 6.03. The van der Waals surface area contributed by atoms with E-state index in [4.69, 9.17) is 14.2 Å². The van der Waals surface area contributed by atoms with Gasteiger partial charge in [-0.15, -0.1) is 0 Å². The fraction of sp³-hybridized carbons (Fsp3) is 0.500. The van der Waals surface area contributed by atoms with Crippen molar-refractivity contribution in [1.82, 2.24) is 20.1 Å². The molecule has 13 heteroatoms. The van der Waals surface area contributed by atoms with Crippen LogP contribution in [0.15, 0.2) is 36.4 Å². The average molecular weight is 631 g/mol. The van der Waals surface area contributed by atoms with Gasteiger partial charge in [-0.25, -0.2) is 9.78 Å². The number of methoxy groups -OCH3 is 1. The van der Waals surface area contributed by atoms with Crippen molar-refractivity contribution in [2.24, 2.45) is 0 Å². The first-order chi connectivity index (χ1) is 21.7. The van der Waals surface area contributed by atoms with Gasteiger partial charge >= 0.3 is 12.1 Å². The molecule has 0 bridgehead atoms. The lowest BCUT2D eigenvalue weighted by Gasteiger charge is -2.32. The summed E-state index contributed by atoms with van der Waals surface area (Å²) in [5.41, 5.74) is -0.491. The third-order valence-corrected chi connectivity index (χ3v) is 8.12. The van der Waals surface area contributed by atoms with Gasteiger partial charge in [-0.1, -0.05) is 0 Å². The SMILES string of the molecule is CCOC(=O)c1c(Nc2ccc(N3CCNCC3)cc2OC)nc2ccc(OCCCN3CCN(C)CC3)cc2c1C(F)(F)F. The molecule has 0 spiro atoms. The Hall–Kier alpha value is -3.81. The molecule has 3 aromatic rings. The second-order valence-electron chi connectivity index (χ2n) is 11.2. The molecule has 2 N–H and O–H groups in total. The Morgan fingerprint density at radius 3 is 2.49 bits per heavy atom. The van der Waals surface area contributed by atoms with E-state index >= 15 is 0 Å². The Balaban J connectivity index is 1.46. The number of hydrogen-bond donors (Lipinski definition) is 2. The second kappa shape index (κ2) is 14.5. The maximum absolute atomic E-state index is 14.8. The molecular weight excluding hydrogens is 589 g/mol. The quantitative estimate of drug-likeness (QED) is 0.231. The molecule has 0 aliphatic carbocycles. The van der Waals surface area contributed by atoms with Gasteiger partial charge in [0.25, 0.3) is 0 Å². The first-order valence-corrected chi connectivity index (χ1v) is 15.3. The van der Waals surface area contributed by atoms with Crippen LogP contribution in [0.1, 0.15) is 29.3 Å². The van der Waals surface area contributed by atoms with Crippen molar-refractivity contribution in [2.75, 3.05) is 96.5 Å². The number of piperazine rings is 2. The van der Waals surface area contributed by atoms with Crippen LogP contribution in [-0.2, 0) is 10.9 Å². The van der Waals surface area contributed by atoms with E-state index in [1.54, 1.807) is 19.1 Å². The van der Waals surface area contributed by atoms with Crippen molar-refractivity contribution in [3.05, 3.63) is 47.5 Å². The van der Waals surface area contributed by atoms with Crippen LogP contribution in [0.25, 0.3) is 10.9 Å². The van der Waals surface area contributed by atoms with E-state index in [0.29, 0.717) is 18.0 Å². The molecule has 2 aliphatic rings. The fourth-order valence-corrected chi connectivity index (χ4v) is 5.70. The number of carbonyl (C=O) groups excluding carboxylic acids is 1. The van der Waals surface area contributed by atoms with Crippen molar-refractivity contribution < 1.29 is 32.2 Å². The number of hydrogen-bond acceptors (Lipinski definition) is 10. The molecule has 2 fully saturated rings. The van der Waals surface area contributed by atoms with E-state index in [9.17, 15) is 18.0 Å². The Morgan fingerprint density at radius 2 is 1.80 bits per heavy atom. The lowest BCUT2D eigenvalue weighted by atomic mass is 10.0. The van der Waals surface area contributed by atoms with Crippen molar-refractivity contribution >= 4 is 34.1 Å². The summed E-state index contributed by atoms with van der Waals surface area (Å²) in [7, 11) is 3.58. The minimum absolute atomic E-state index is 0.0547. The number of benzene rings is 2. The molecule has 1 aromatic heterocycles. The molecule has 0 atom stereocenters. The van der Waals surface area contributed by atoms with Crippen molar-refractivity contribution in [3.8, 4) is 11.5 Å². The number of aromatic nitrogens is 1. The zero-order chi connectivity index (χ0) is 32.0. The van der Waals surface area contributed by atoms with Gasteiger partial charge in [0.15, 0.2) is 0 Å². The van der Waals surface area contributed by atoms with E-state index in [1.165, 1.54) is 19.2 Å². The third kappa shape index (κ3) is 7.89. The first-order valence-electron chi connectivity index (χ1n) is 15.3. The number of nitrogens with zero attached hydrogens (tertiary/aromatic N) is 4. The van der Waals surface area contributed by atoms with Crippen LogP contribution in [0.3, 0.4) is 0 Å². The number of pyridine rings is 1. The molecule has 244 valence electrons. The molecule has 10 nitrogen and oxygen atoms in total. The molecule has 3 heterocycles. The highest BCUT2D eigenvalue weighted by Gasteiger charge is 2.40. The number of ether oxygens (including phenoxy) is 3. The Morgan fingerprint density at radius 1 is 1.04 bits per heavy atom.